The molecule has 1 aromatic heterocycles. The van der Waals surface area contributed by atoms with Crippen LogP contribution in [-0.2, 0) is 5.41 Å². The molecule has 0 unspecified atom stereocenters. The lowest BCUT2D eigenvalue weighted by Gasteiger charge is -2.30. The molecule has 0 spiro atoms. The highest BCUT2D eigenvalue weighted by molar-refractivity contribution is 9.10. The van der Waals surface area contributed by atoms with Gasteiger partial charge in [0.1, 0.15) is 5.52 Å². The summed E-state index contributed by atoms with van der Waals surface area (Å²) >= 11 is 3.51. The van der Waals surface area contributed by atoms with E-state index in [2.05, 4.69) is 33.2 Å². The Balaban J connectivity index is 2.08. The van der Waals surface area contributed by atoms with Crippen molar-refractivity contribution in [3.05, 3.63) is 28.6 Å². The minimum Gasteiger partial charge on any atom is -0.439 e. The van der Waals surface area contributed by atoms with Crippen LogP contribution in [0.4, 0.5) is 0 Å². The van der Waals surface area contributed by atoms with Gasteiger partial charge in [-0.1, -0.05) is 13.0 Å². The molecular formula is C13H15BrN2O. The number of fused-ring (bicyclic) bond motifs is 1. The number of oxazole rings is 1. The zero-order valence-electron chi connectivity index (χ0n) is 9.79. The number of nitrogens with zero attached hydrogens (tertiary/aromatic N) is 1. The third kappa shape index (κ3) is 1.89. The second-order valence-corrected chi connectivity index (χ2v) is 5.77. The Labute approximate surface area is 109 Å². The van der Waals surface area contributed by atoms with Gasteiger partial charge in [-0.05, 0) is 54.0 Å². The number of piperidine rings is 1. The number of hydrogen-bond acceptors (Lipinski definition) is 3. The van der Waals surface area contributed by atoms with E-state index < -0.39 is 0 Å². The Morgan fingerprint density at radius 3 is 2.82 bits per heavy atom. The molecule has 1 aliphatic heterocycles. The first-order chi connectivity index (χ1) is 8.19. The van der Waals surface area contributed by atoms with Gasteiger partial charge in [-0.2, -0.15) is 0 Å². The lowest BCUT2D eigenvalue weighted by molar-refractivity contribution is 0.274. The predicted molar refractivity (Wildman–Crippen MR) is 71.2 cm³/mol. The second kappa shape index (κ2) is 4.10. The maximum Gasteiger partial charge on any atom is 0.201 e. The van der Waals surface area contributed by atoms with Crippen LogP contribution in [0.25, 0.3) is 11.1 Å². The molecule has 1 N–H and O–H groups in total. The zero-order valence-corrected chi connectivity index (χ0v) is 11.4. The first-order valence-corrected chi connectivity index (χ1v) is 6.75. The highest BCUT2D eigenvalue weighted by atomic mass is 79.9. The summed E-state index contributed by atoms with van der Waals surface area (Å²) in [5.74, 6) is 0.876. The minimum atomic E-state index is 0.0731. The van der Waals surface area contributed by atoms with Gasteiger partial charge in [0.25, 0.3) is 0 Å². The van der Waals surface area contributed by atoms with Crippen molar-refractivity contribution in [1.82, 2.24) is 10.3 Å². The van der Waals surface area contributed by atoms with Crippen LogP contribution in [0.3, 0.4) is 0 Å². The molecule has 17 heavy (non-hydrogen) atoms. The van der Waals surface area contributed by atoms with Crippen LogP contribution in [0.1, 0.15) is 25.7 Å². The summed E-state index contributed by atoms with van der Waals surface area (Å²) in [5.41, 5.74) is 1.88. The number of hydrogen-bond donors (Lipinski definition) is 1. The molecule has 3 rings (SSSR count). The highest BCUT2D eigenvalue weighted by Gasteiger charge is 2.33. The van der Waals surface area contributed by atoms with Gasteiger partial charge in [-0.15, -0.1) is 0 Å². The van der Waals surface area contributed by atoms with E-state index in [-0.39, 0.29) is 5.41 Å². The van der Waals surface area contributed by atoms with Crippen molar-refractivity contribution in [3.63, 3.8) is 0 Å². The van der Waals surface area contributed by atoms with E-state index in [1.54, 1.807) is 0 Å². The monoisotopic (exact) mass is 294 g/mol. The van der Waals surface area contributed by atoms with Gasteiger partial charge in [0.15, 0.2) is 5.58 Å². The summed E-state index contributed by atoms with van der Waals surface area (Å²) in [6.45, 7) is 4.32. The van der Waals surface area contributed by atoms with Crippen molar-refractivity contribution >= 4 is 27.0 Å². The summed E-state index contributed by atoms with van der Waals surface area (Å²) in [4.78, 5) is 4.64. The Bertz CT molecular complexity index is 543. The number of benzene rings is 1. The molecule has 2 aromatic rings. The molecule has 90 valence electrons. The molecule has 0 bridgehead atoms. The largest absolute Gasteiger partial charge is 0.439 e. The van der Waals surface area contributed by atoms with E-state index >= 15 is 0 Å². The van der Waals surface area contributed by atoms with Crippen LogP contribution in [0, 0.1) is 0 Å². The standard InChI is InChI=1S/C13H15BrN2O/c1-13(5-7-15-8-6-13)12-16-10-4-2-3-9(14)11(10)17-12/h2-4,15H,5-8H2,1H3. The average molecular weight is 295 g/mol. The maximum absolute atomic E-state index is 5.96. The van der Waals surface area contributed by atoms with E-state index in [4.69, 9.17) is 4.42 Å². The summed E-state index contributed by atoms with van der Waals surface area (Å²) in [6.07, 6.45) is 2.16. The van der Waals surface area contributed by atoms with Crippen LogP contribution in [0.2, 0.25) is 0 Å². The molecule has 0 amide bonds. The molecule has 3 nitrogen and oxygen atoms in total. The van der Waals surface area contributed by atoms with Gasteiger partial charge in [-0.3, -0.25) is 0 Å². The Kier molecular flexibility index (Phi) is 2.71. The Morgan fingerprint density at radius 2 is 2.12 bits per heavy atom. The second-order valence-electron chi connectivity index (χ2n) is 4.92. The van der Waals surface area contributed by atoms with Crippen LogP contribution in [0.5, 0.6) is 0 Å². The lowest BCUT2D eigenvalue weighted by Crippen LogP contribution is -2.37. The van der Waals surface area contributed by atoms with Crippen LogP contribution >= 0.6 is 15.9 Å². The van der Waals surface area contributed by atoms with Gasteiger partial charge >= 0.3 is 0 Å². The highest BCUT2D eigenvalue weighted by Crippen LogP contribution is 2.35. The summed E-state index contributed by atoms with van der Waals surface area (Å²) in [6, 6.07) is 5.98. The van der Waals surface area contributed by atoms with E-state index in [9.17, 15) is 0 Å². The molecule has 0 radical (unpaired) electrons. The zero-order chi connectivity index (χ0) is 11.9. The maximum atomic E-state index is 5.96. The normalized spacial score (nSPS) is 19.6. The molecule has 0 saturated carbocycles. The van der Waals surface area contributed by atoms with E-state index in [0.717, 1.165) is 47.4 Å². The van der Waals surface area contributed by atoms with Crippen molar-refractivity contribution in [1.29, 1.82) is 0 Å². The van der Waals surface area contributed by atoms with Crippen LogP contribution in [0.15, 0.2) is 27.1 Å². The molecule has 0 atom stereocenters. The lowest BCUT2D eigenvalue weighted by atomic mass is 9.81. The van der Waals surface area contributed by atoms with Gasteiger partial charge in [0.2, 0.25) is 5.89 Å². The molecule has 4 heteroatoms. The molecule has 1 fully saturated rings. The van der Waals surface area contributed by atoms with E-state index in [0.29, 0.717) is 0 Å². The summed E-state index contributed by atoms with van der Waals surface area (Å²) in [5, 5.41) is 3.38. The van der Waals surface area contributed by atoms with E-state index in [1.165, 1.54) is 0 Å². The number of rotatable bonds is 1. The van der Waals surface area contributed by atoms with Gasteiger partial charge in [0.05, 0.1) is 4.47 Å². The fourth-order valence-corrected chi connectivity index (χ4v) is 2.80. The molecular weight excluding hydrogens is 280 g/mol. The predicted octanol–water partition coefficient (Wildman–Crippen LogP) is 3.23. The summed E-state index contributed by atoms with van der Waals surface area (Å²) < 4.78 is 6.93. The minimum absolute atomic E-state index is 0.0731. The van der Waals surface area contributed by atoms with Crippen LogP contribution < -0.4 is 5.32 Å². The van der Waals surface area contributed by atoms with Crippen LogP contribution in [-0.4, -0.2) is 18.1 Å². The molecule has 2 heterocycles. The van der Waals surface area contributed by atoms with Gasteiger partial charge in [-0.25, -0.2) is 4.98 Å². The number of halogens is 1. The average Bonchev–Trinajstić information content (AvgIpc) is 2.76. The van der Waals surface area contributed by atoms with E-state index in [1.807, 2.05) is 18.2 Å². The first-order valence-electron chi connectivity index (χ1n) is 5.95. The Morgan fingerprint density at radius 1 is 1.35 bits per heavy atom. The van der Waals surface area contributed by atoms with Crippen molar-refractivity contribution in [3.8, 4) is 0 Å². The summed E-state index contributed by atoms with van der Waals surface area (Å²) in [7, 11) is 0. The fourth-order valence-electron chi connectivity index (χ4n) is 2.37. The first kappa shape index (κ1) is 11.2. The molecule has 1 saturated heterocycles. The van der Waals surface area contributed by atoms with Gasteiger partial charge < -0.3 is 9.73 Å². The third-order valence-corrected chi connectivity index (χ3v) is 4.21. The third-order valence-electron chi connectivity index (χ3n) is 3.59. The number of nitrogens with one attached hydrogen (secondary N) is 1. The van der Waals surface area contributed by atoms with Gasteiger partial charge in [0, 0.05) is 5.41 Å². The molecule has 1 aliphatic rings. The SMILES string of the molecule is CC1(c2nc3cccc(Br)c3o2)CCNCC1. The molecule has 1 aromatic carbocycles. The number of para-hydroxylation sites is 1. The smallest absolute Gasteiger partial charge is 0.201 e. The quantitative estimate of drug-likeness (QED) is 0.877. The van der Waals surface area contributed by atoms with Crippen molar-refractivity contribution < 1.29 is 4.42 Å². The van der Waals surface area contributed by atoms with Crippen molar-refractivity contribution in [2.45, 2.75) is 25.2 Å². The topological polar surface area (TPSA) is 38.1 Å². The van der Waals surface area contributed by atoms with Crippen molar-refractivity contribution in [2.75, 3.05) is 13.1 Å². The van der Waals surface area contributed by atoms with Crippen molar-refractivity contribution in [2.24, 2.45) is 0 Å². The molecule has 0 aliphatic carbocycles. The number of aromatic nitrogens is 1. The fraction of sp³-hybridized carbons (Fsp3) is 0.462. The Hall–Kier alpha value is -0.870.